The van der Waals surface area contributed by atoms with Crippen LogP contribution in [0, 0.1) is 0 Å². The summed E-state index contributed by atoms with van der Waals surface area (Å²) in [6, 6.07) is 15.9. The fraction of sp³-hybridized carbons (Fsp3) is 0.278. The van der Waals surface area contributed by atoms with Crippen molar-refractivity contribution >= 4 is 23.4 Å². The van der Waals surface area contributed by atoms with Crippen LogP contribution in [-0.2, 0) is 0 Å². The van der Waals surface area contributed by atoms with Crippen molar-refractivity contribution < 1.29 is 4.79 Å². The largest absolute Gasteiger partial charge is 0.388 e. The van der Waals surface area contributed by atoms with Gasteiger partial charge in [0.25, 0.3) is 5.91 Å². The van der Waals surface area contributed by atoms with Gasteiger partial charge >= 0.3 is 0 Å². The first kappa shape index (κ1) is 16.4. The van der Waals surface area contributed by atoms with E-state index in [0.717, 1.165) is 35.5 Å². The van der Waals surface area contributed by atoms with Gasteiger partial charge in [-0.3, -0.25) is 4.79 Å². The lowest BCUT2D eigenvalue weighted by Gasteiger charge is -2.08. The number of rotatable bonds is 7. The number of hydrogen-bond donors (Lipinski definition) is 2. The van der Waals surface area contributed by atoms with Crippen molar-refractivity contribution in [2.75, 3.05) is 30.9 Å². The Balaban J connectivity index is 2.06. The summed E-state index contributed by atoms with van der Waals surface area (Å²) < 4.78 is 0. The van der Waals surface area contributed by atoms with Gasteiger partial charge in [0.05, 0.1) is 0 Å². The SMILES string of the molecule is CNc1ccc(-c2cccc(C(=O)NCCCSC)c2)cc1. The topological polar surface area (TPSA) is 41.1 Å². The van der Waals surface area contributed by atoms with Crippen molar-refractivity contribution in [3.8, 4) is 11.1 Å². The first-order chi connectivity index (χ1) is 10.7. The molecular weight excluding hydrogens is 292 g/mol. The lowest BCUT2D eigenvalue weighted by molar-refractivity contribution is 0.0954. The Hall–Kier alpha value is -1.94. The summed E-state index contributed by atoms with van der Waals surface area (Å²) in [4.78, 5) is 12.2. The molecule has 0 fully saturated rings. The lowest BCUT2D eigenvalue weighted by Crippen LogP contribution is -2.24. The summed E-state index contributed by atoms with van der Waals surface area (Å²) in [5.74, 6) is 1.06. The smallest absolute Gasteiger partial charge is 0.251 e. The third-order valence-electron chi connectivity index (χ3n) is 3.44. The Labute approximate surface area is 136 Å². The average Bonchev–Trinajstić information content (AvgIpc) is 2.59. The molecule has 0 bridgehead atoms. The molecule has 4 heteroatoms. The summed E-state index contributed by atoms with van der Waals surface area (Å²) in [6.45, 7) is 0.723. The zero-order valence-electron chi connectivity index (χ0n) is 13.1. The van der Waals surface area contributed by atoms with Gasteiger partial charge in [-0.1, -0.05) is 24.3 Å². The third-order valence-corrected chi connectivity index (χ3v) is 4.14. The zero-order valence-corrected chi connectivity index (χ0v) is 13.9. The quantitative estimate of drug-likeness (QED) is 0.762. The Bertz CT molecular complexity index is 611. The van der Waals surface area contributed by atoms with Crippen LogP contribution in [0.5, 0.6) is 0 Å². The molecule has 1 amide bonds. The second-order valence-corrected chi connectivity index (χ2v) is 6.00. The van der Waals surface area contributed by atoms with E-state index >= 15 is 0 Å². The van der Waals surface area contributed by atoms with Crippen LogP contribution >= 0.6 is 11.8 Å². The first-order valence-corrected chi connectivity index (χ1v) is 8.79. The van der Waals surface area contributed by atoms with Crippen LogP contribution in [0.15, 0.2) is 48.5 Å². The van der Waals surface area contributed by atoms with Gasteiger partial charge in [0.15, 0.2) is 0 Å². The summed E-state index contributed by atoms with van der Waals surface area (Å²) >= 11 is 1.80. The van der Waals surface area contributed by atoms with E-state index in [0.29, 0.717) is 5.56 Å². The van der Waals surface area contributed by atoms with Crippen molar-refractivity contribution in [2.24, 2.45) is 0 Å². The summed E-state index contributed by atoms with van der Waals surface area (Å²) in [5, 5.41) is 6.07. The van der Waals surface area contributed by atoms with E-state index in [9.17, 15) is 4.79 Å². The van der Waals surface area contributed by atoms with Crippen LogP contribution < -0.4 is 10.6 Å². The van der Waals surface area contributed by atoms with Gasteiger partial charge in [0.1, 0.15) is 0 Å². The van der Waals surface area contributed by atoms with E-state index in [1.807, 2.05) is 43.4 Å². The van der Waals surface area contributed by atoms with Gasteiger partial charge in [-0.05, 0) is 53.8 Å². The molecule has 2 aromatic carbocycles. The predicted octanol–water partition coefficient (Wildman–Crippen LogP) is 3.88. The molecule has 0 saturated heterocycles. The summed E-state index contributed by atoms with van der Waals surface area (Å²) in [7, 11) is 1.90. The maximum absolute atomic E-state index is 12.2. The van der Waals surface area contributed by atoms with Crippen molar-refractivity contribution in [3.05, 3.63) is 54.1 Å². The van der Waals surface area contributed by atoms with Crippen LogP contribution in [0.3, 0.4) is 0 Å². The molecule has 0 spiro atoms. The van der Waals surface area contributed by atoms with Crippen molar-refractivity contribution in [1.82, 2.24) is 5.32 Å². The maximum Gasteiger partial charge on any atom is 0.251 e. The van der Waals surface area contributed by atoms with Gasteiger partial charge in [0.2, 0.25) is 0 Å². The highest BCUT2D eigenvalue weighted by molar-refractivity contribution is 7.98. The third kappa shape index (κ3) is 4.53. The highest BCUT2D eigenvalue weighted by atomic mass is 32.2. The Kier molecular flexibility index (Phi) is 6.34. The van der Waals surface area contributed by atoms with Crippen LogP contribution in [0.4, 0.5) is 5.69 Å². The van der Waals surface area contributed by atoms with Crippen LogP contribution in [-0.4, -0.2) is 31.5 Å². The first-order valence-electron chi connectivity index (χ1n) is 7.40. The maximum atomic E-state index is 12.2. The summed E-state index contributed by atoms with van der Waals surface area (Å²) in [6.07, 6.45) is 3.07. The lowest BCUT2D eigenvalue weighted by atomic mass is 10.0. The molecule has 0 aliphatic heterocycles. The Morgan fingerprint density at radius 1 is 1.09 bits per heavy atom. The minimum Gasteiger partial charge on any atom is -0.388 e. The molecule has 3 nitrogen and oxygen atoms in total. The number of thioether (sulfide) groups is 1. The van der Waals surface area contributed by atoms with Crippen molar-refractivity contribution in [1.29, 1.82) is 0 Å². The molecule has 0 aliphatic rings. The number of nitrogens with one attached hydrogen (secondary N) is 2. The molecular formula is C18H22N2OS. The second kappa shape index (κ2) is 8.49. The monoisotopic (exact) mass is 314 g/mol. The fourth-order valence-corrected chi connectivity index (χ4v) is 2.62. The number of carbonyl (C=O) groups excluding carboxylic acids is 1. The van der Waals surface area contributed by atoms with Gasteiger partial charge in [0, 0.05) is 24.8 Å². The minimum absolute atomic E-state index is 0.00482. The Morgan fingerprint density at radius 3 is 2.55 bits per heavy atom. The van der Waals surface area contributed by atoms with E-state index in [4.69, 9.17) is 0 Å². The average molecular weight is 314 g/mol. The van der Waals surface area contributed by atoms with Gasteiger partial charge in [-0.15, -0.1) is 0 Å². The van der Waals surface area contributed by atoms with Crippen LogP contribution in [0.25, 0.3) is 11.1 Å². The fourth-order valence-electron chi connectivity index (χ4n) is 2.19. The van der Waals surface area contributed by atoms with Crippen molar-refractivity contribution in [3.63, 3.8) is 0 Å². The molecule has 2 rings (SSSR count). The Morgan fingerprint density at radius 2 is 1.86 bits per heavy atom. The molecule has 22 heavy (non-hydrogen) atoms. The van der Waals surface area contributed by atoms with Crippen LogP contribution in [0.1, 0.15) is 16.8 Å². The molecule has 0 atom stereocenters. The highest BCUT2D eigenvalue weighted by Crippen LogP contribution is 2.22. The standard InChI is InChI=1S/C18H22N2OS/c1-19-17-9-7-14(8-10-17)15-5-3-6-16(13-15)18(21)20-11-4-12-22-2/h3,5-10,13,19H,4,11-12H2,1-2H3,(H,20,21). The molecule has 0 heterocycles. The molecule has 116 valence electrons. The normalized spacial score (nSPS) is 10.3. The molecule has 2 aromatic rings. The number of carbonyl (C=O) groups is 1. The van der Waals surface area contributed by atoms with Gasteiger partial charge in [-0.2, -0.15) is 11.8 Å². The van der Waals surface area contributed by atoms with Crippen molar-refractivity contribution in [2.45, 2.75) is 6.42 Å². The van der Waals surface area contributed by atoms with E-state index in [-0.39, 0.29) is 5.91 Å². The van der Waals surface area contributed by atoms with Crippen LogP contribution in [0.2, 0.25) is 0 Å². The molecule has 0 unspecified atom stereocenters. The highest BCUT2D eigenvalue weighted by Gasteiger charge is 2.06. The molecule has 0 aromatic heterocycles. The molecule has 0 radical (unpaired) electrons. The molecule has 0 saturated carbocycles. The number of anilines is 1. The number of amides is 1. The van der Waals surface area contributed by atoms with E-state index < -0.39 is 0 Å². The number of hydrogen-bond acceptors (Lipinski definition) is 3. The predicted molar refractivity (Wildman–Crippen MR) is 96.8 cm³/mol. The van der Waals surface area contributed by atoms with Gasteiger partial charge < -0.3 is 10.6 Å². The second-order valence-electron chi connectivity index (χ2n) is 5.01. The van der Waals surface area contributed by atoms with Gasteiger partial charge in [-0.25, -0.2) is 0 Å². The number of benzene rings is 2. The minimum atomic E-state index is -0.00482. The molecule has 0 aliphatic carbocycles. The molecule has 2 N–H and O–H groups in total. The van der Waals surface area contributed by atoms with E-state index in [1.165, 1.54) is 0 Å². The summed E-state index contributed by atoms with van der Waals surface area (Å²) in [5.41, 5.74) is 3.95. The van der Waals surface area contributed by atoms with E-state index in [1.54, 1.807) is 11.8 Å². The zero-order chi connectivity index (χ0) is 15.8. The van der Waals surface area contributed by atoms with E-state index in [2.05, 4.69) is 29.0 Å².